The number of benzene rings is 16. The van der Waals surface area contributed by atoms with Gasteiger partial charge in [-0.15, -0.1) is 22.7 Å². The third-order valence-electron chi connectivity index (χ3n) is 24.4. The maximum Gasteiger partial charge on any atom is 0.494 e. The van der Waals surface area contributed by atoms with Gasteiger partial charge in [-0.25, -0.2) is 19.9 Å². The lowest BCUT2D eigenvalue weighted by atomic mass is 9.79. The summed E-state index contributed by atoms with van der Waals surface area (Å²) in [6.07, 6.45) is 0. The lowest BCUT2D eigenvalue weighted by Crippen LogP contribution is -2.41. The topological polar surface area (TPSA) is 132 Å². The molecule has 12 nitrogen and oxygen atoms in total. The number of furan rings is 2. The highest BCUT2D eigenvalue weighted by Crippen LogP contribution is 2.46. The van der Waals surface area contributed by atoms with Crippen molar-refractivity contribution < 1.29 is 18.1 Å². The molecule has 124 heavy (non-hydrogen) atoms. The van der Waals surface area contributed by atoms with Gasteiger partial charge in [0.15, 0.2) is 29.1 Å². The van der Waals surface area contributed by atoms with Crippen molar-refractivity contribution in [1.29, 1.82) is 0 Å². The van der Waals surface area contributed by atoms with Crippen LogP contribution in [0.15, 0.2) is 373 Å². The molecular formula is C108H72BClN8O4S2. The summed E-state index contributed by atoms with van der Waals surface area (Å²) >= 11 is 10.0. The van der Waals surface area contributed by atoms with Crippen molar-refractivity contribution in [2.24, 2.45) is 0 Å². The molecular weight excluding hydrogens is 1580 g/mol. The van der Waals surface area contributed by atoms with Crippen molar-refractivity contribution >= 4 is 175 Å². The van der Waals surface area contributed by atoms with E-state index in [1.165, 1.54) is 84.1 Å². The molecule has 0 aliphatic carbocycles. The smallest absolute Gasteiger partial charge is 0.456 e. The third kappa shape index (κ3) is 13.0. The van der Waals surface area contributed by atoms with Gasteiger partial charge in [-0.3, -0.25) is 0 Å². The normalized spacial score (nSPS) is 13.2. The Morgan fingerprint density at radius 3 is 1.10 bits per heavy atom. The molecule has 0 unspecified atom stereocenters. The fraction of sp³-hybridized carbons (Fsp3) is 0.0556. The van der Waals surface area contributed by atoms with Crippen LogP contribution in [-0.4, -0.2) is 57.4 Å². The number of rotatable bonds is 10. The van der Waals surface area contributed by atoms with Crippen LogP contribution in [0.5, 0.6) is 0 Å². The standard InChI is InChI=1S/C51H30N4OS.C30H25BO3S.C27H17ClN4/c1-3-12-31(13-4-1)49-52-50(33-22-25-38-37-16-7-9-20-43(37)55(44(38)29-33)35-14-5-2-6-15-35)54-51(53-49)34-23-26-39-42-28-32(24-27-45(42)56-46(39)30-34)36-18-11-19-41-40-17-8-10-21-47(40)57-48(36)41;1-29(2)30(3,4)34-31(33-29)19-13-14-21-24-16-18(12-15-25(24)32-26(21)17-19)20-9-7-10-23-22-8-5-6-11-27(22)35-28(20)23;28-27-30-25(18-9-3-1-4-10-18)29-26(31-27)19-15-16-22-21-13-7-8-14-23(21)32(24(22)17-19)20-11-5-2-6-12-20/h1-30H;5-17H,1-4H3;1-17H. The molecule has 9 heterocycles. The number of aromatic nitrogens is 8. The largest absolute Gasteiger partial charge is 0.494 e. The molecule has 1 fully saturated rings. The lowest BCUT2D eigenvalue weighted by molar-refractivity contribution is 0.00578. The van der Waals surface area contributed by atoms with E-state index in [0.29, 0.717) is 29.1 Å². The molecule has 1 aliphatic rings. The summed E-state index contributed by atoms with van der Waals surface area (Å²) < 4.78 is 35.1. The number of hydrogen-bond acceptors (Lipinski definition) is 12. The van der Waals surface area contributed by atoms with Crippen molar-refractivity contribution in [3.63, 3.8) is 0 Å². The van der Waals surface area contributed by atoms with E-state index in [2.05, 4.69) is 332 Å². The van der Waals surface area contributed by atoms with Gasteiger partial charge in [0.25, 0.3) is 0 Å². The quantitative estimate of drug-likeness (QED) is 0.122. The molecule has 0 amide bonds. The fourth-order valence-corrected chi connectivity index (χ4v) is 20.2. The van der Waals surface area contributed by atoms with Gasteiger partial charge in [-0.05, 0) is 170 Å². The van der Waals surface area contributed by atoms with Crippen molar-refractivity contribution in [3.05, 3.63) is 369 Å². The van der Waals surface area contributed by atoms with Crippen LogP contribution in [0.25, 0.3) is 218 Å². The van der Waals surface area contributed by atoms with E-state index >= 15 is 0 Å². The third-order valence-corrected chi connectivity index (χ3v) is 27.0. The summed E-state index contributed by atoms with van der Waals surface area (Å²) in [5, 5.41) is 14.5. The minimum Gasteiger partial charge on any atom is -0.456 e. The Balaban J connectivity index is 0.000000114. The highest BCUT2D eigenvalue weighted by molar-refractivity contribution is 7.26. The van der Waals surface area contributed by atoms with E-state index in [4.69, 9.17) is 49.7 Å². The zero-order valence-electron chi connectivity index (χ0n) is 67.6. The first-order chi connectivity index (χ1) is 60.8. The molecule has 25 rings (SSSR count). The zero-order chi connectivity index (χ0) is 82.9. The number of hydrogen-bond donors (Lipinski definition) is 0. The van der Waals surface area contributed by atoms with Gasteiger partial charge in [0.1, 0.15) is 22.3 Å². The zero-order valence-corrected chi connectivity index (χ0v) is 70.0. The van der Waals surface area contributed by atoms with Crippen molar-refractivity contribution in [2.45, 2.75) is 38.9 Å². The average Bonchev–Trinajstić information content (AvgIpc) is 1.56. The molecule has 0 atom stereocenters. The second-order valence-electron chi connectivity index (χ2n) is 32.4. The van der Waals surface area contributed by atoms with E-state index < -0.39 is 7.12 Å². The van der Waals surface area contributed by atoms with E-state index in [0.717, 1.165) is 111 Å². The van der Waals surface area contributed by atoms with E-state index in [9.17, 15) is 0 Å². The second kappa shape index (κ2) is 30.0. The van der Waals surface area contributed by atoms with Gasteiger partial charge in [-0.2, -0.15) is 9.97 Å². The van der Waals surface area contributed by atoms with Gasteiger partial charge in [0.2, 0.25) is 5.28 Å². The highest BCUT2D eigenvalue weighted by atomic mass is 35.5. The first-order valence-corrected chi connectivity index (χ1v) is 43.4. The van der Waals surface area contributed by atoms with Crippen LogP contribution in [0, 0.1) is 0 Å². The van der Waals surface area contributed by atoms with Crippen LogP contribution in [0.2, 0.25) is 5.28 Å². The number of para-hydroxylation sites is 4. The molecule has 0 spiro atoms. The van der Waals surface area contributed by atoms with Crippen LogP contribution in [0.1, 0.15) is 27.7 Å². The average molecular weight is 1660 g/mol. The Bertz CT molecular complexity index is 8360. The number of thiophene rings is 2. The van der Waals surface area contributed by atoms with Gasteiger partial charge >= 0.3 is 7.12 Å². The molecule has 16 heteroatoms. The number of fused-ring (bicyclic) bond motifs is 18. The van der Waals surface area contributed by atoms with Gasteiger partial charge in [-0.1, -0.05) is 261 Å². The Kier molecular flexibility index (Phi) is 18.0. The Hall–Kier alpha value is -14.5. The maximum atomic E-state index is 6.53. The van der Waals surface area contributed by atoms with Crippen LogP contribution in [-0.2, 0) is 9.31 Å². The first-order valence-electron chi connectivity index (χ1n) is 41.4. The van der Waals surface area contributed by atoms with E-state index in [1.807, 2.05) is 102 Å². The van der Waals surface area contributed by atoms with Gasteiger partial charge < -0.3 is 27.3 Å². The molecule has 1 aliphatic heterocycles. The van der Waals surface area contributed by atoms with E-state index in [-0.39, 0.29) is 16.5 Å². The summed E-state index contributed by atoms with van der Waals surface area (Å²) in [5.74, 6) is 2.92. The molecule has 0 N–H and O–H groups in total. The Morgan fingerprint density at radius 2 is 0.621 bits per heavy atom. The van der Waals surface area contributed by atoms with Crippen LogP contribution in [0.3, 0.4) is 0 Å². The summed E-state index contributed by atoms with van der Waals surface area (Å²) in [6, 6.07) is 127. The van der Waals surface area contributed by atoms with Crippen molar-refractivity contribution in [2.75, 3.05) is 0 Å². The summed E-state index contributed by atoms with van der Waals surface area (Å²) in [4.78, 5) is 28.8. The van der Waals surface area contributed by atoms with Crippen molar-refractivity contribution in [3.8, 4) is 90.6 Å². The Morgan fingerprint density at radius 1 is 0.266 bits per heavy atom. The highest BCUT2D eigenvalue weighted by Gasteiger charge is 2.52. The fourth-order valence-electron chi connectivity index (χ4n) is 17.6. The summed E-state index contributed by atoms with van der Waals surface area (Å²) in [6.45, 7) is 8.30. The molecule has 1 saturated heterocycles. The monoisotopic (exact) mass is 1650 g/mol. The van der Waals surface area contributed by atoms with E-state index in [1.54, 1.807) is 0 Å². The number of nitrogens with zero attached hydrogens (tertiary/aromatic N) is 8. The summed E-state index contributed by atoms with van der Waals surface area (Å²) in [5.41, 5.74) is 19.7. The van der Waals surface area contributed by atoms with Crippen LogP contribution < -0.4 is 5.46 Å². The maximum absolute atomic E-state index is 6.53. The second-order valence-corrected chi connectivity index (χ2v) is 34.8. The predicted molar refractivity (Wildman–Crippen MR) is 514 cm³/mol. The molecule has 0 radical (unpaired) electrons. The summed E-state index contributed by atoms with van der Waals surface area (Å²) in [7, 11) is -0.404. The minimum absolute atomic E-state index is 0.178. The first kappa shape index (κ1) is 74.5. The van der Waals surface area contributed by atoms with Crippen molar-refractivity contribution in [1.82, 2.24) is 39.0 Å². The predicted octanol–water partition coefficient (Wildman–Crippen LogP) is 28.8. The molecule has 590 valence electrons. The molecule has 0 bridgehead atoms. The number of halogens is 1. The lowest BCUT2D eigenvalue weighted by Gasteiger charge is -2.32. The SMILES string of the molecule is CC1(C)OB(c2ccc3c(c2)oc2ccc(-c4cccc5c4sc4ccccc45)cc23)OC1(C)C.Clc1nc(-c2ccccc2)nc(-c2ccc3c4ccccc4n(-c4ccccc4)c3c2)n1.c1ccc(-c2nc(-c3ccc4c(c3)oc3ccc(-c5cccc6c5sc5ccccc56)cc34)nc(-c3ccc4c5ccccc5n(-c5ccccc5)c4c3)n2)cc1. The molecule has 16 aromatic carbocycles. The minimum atomic E-state index is -0.404. The van der Waals surface area contributed by atoms with Crippen LogP contribution >= 0.6 is 34.3 Å². The molecule has 8 aromatic heterocycles. The van der Waals surface area contributed by atoms with Gasteiger partial charge in [0, 0.05) is 123 Å². The molecule has 24 aromatic rings. The van der Waals surface area contributed by atoms with Gasteiger partial charge in [0.05, 0.1) is 33.3 Å². The van der Waals surface area contributed by atoms with Crippen LogP contribution in [0.4, 0.5) is 0 Å². The molecule has 0 saturated carbocycles. The Labute approximate surface area is 725 Å².